The number of esters is 1. The molecule has 0 aliphatic rings. The number of hydrogen-bond donors (Lipinski definition) is 2. The fraction of sp³-hybridized carbons (Fsp3) is 0.130. The van der Waals surface area contributed by atoms with Crippen LogP contribution < -0.4 is 11.1 Å². The Morgan fingerprint density at radius 2 is 1.91 bits per heavy atom. The number of nitrogens with zero attached hydrogens (tertiary/aromatic N) is 1. The molecule has 4 aromatic rings. The van der Waals surface area contributed by atoms with Crippen LogP contribution in [0.4, 0.5) is 5.00 Å². The molecule has 4 rings (SSSR count). The van der Waals surface area contributed by atoms with Crippen molar-refractivity contribution in [2.24, 2.45) is 5.73 Å². The number of furan rings is 1. The van der Waals surface area contributed by atoms with E-state index < -0.39 is 23.9 Å². The van der Waals surface area contributed by atoms with E-state index in [0.717, 1.165) is 11.3 Å². The molecule has 1 atom stereocenters. The number of nitrogens with two attached hydrogens (primary N) is 1. The molecule has 3 N–H and O–H groups in total. The average molecular weight is 449 g/mol. The molecule has 1 aromatic carbocycles. The van der Waals surface area contributed by atoms with Crippen LogP contribution in [-0.2, 0) is 9.53 Å². The van der Waals surface area contributed by atoms with Crippen LogP contribution >= 0.6 is 11.3 Å². The van der Waals surface area contributed by atoms with Crippen molar-refractivity contribution in [3.05, 3.63) is 70.8 Å². The van der Waals surface area contributed by atoms with Crippen LogP contribution in [0.15, 0.2) is 58.3 Å². The van der Waals surface area contributed by atoms with E-state index >= 15 is 0 Å². The second-order valence-corrected chi connectivity index (χ2v) is 7.96. The molecule has 3 heterocycles. The van der Waals surface area contributed by atoms with Gasteiger partial charge in [-0.1, -0.05) is 18.2 Å². The third-order valence-electron chi connectivity index (χ3n) is 4.75. The number of carbonyl (C=O) groups is 3. The summed E-state index contributed by atoms with van der Waals surface area (Å²) in [5, 5.41) is 5.10. The van der Waals surface area contributed by atoms with Gasteiger partial charge in [-0.3, -0.25) is 9.59 Å². The van der Waals surface area contributed by atoms with Crippen molar-refractivity contribution in [2.75, 3.05) is 5.32 Å². The largest absolute Gasteiger partial charge is 0.460 e. The molecule has 8 nitrogen and oxygen atoms in total. The second kappa shape index (κ2) is 8.64. The lowest BCUT2D eigenvalue weighted by molar-refractivity contribution is -0.123. The van der Waals surface area contributed by atoms with Crippen molar-refractivity contribution in [1.82, 2.24) is 4.98 Å². The first-order valence-corrected chi connectivity index (χ1v) is 10.6. The Hall–Kier alpha value is -3.98. The molecule has 162 valence electrons. The Balaban J connectivity index is 1.59. The predicted molar refractivity (Wildman–Crippen MR) is 121 cm³/mol. The van der Waals surface area contributed by atoms with E-state index in [9.17, 15) is 14.4 Å². The third kappa shape index (κ3) is 4.23. The molecule has 2 amide bonds. The Labute approximate surface area is 187 Å². The van der Waals surface area contributed by atoms with Gasteiger partial charge in [0.2, 0.25) is 0 Å². The van der Waals surface area contributed by atoms with Gasteiger partial charge >= 0.3 is 5.97 Å². The Kier molecular flexibility index (Phi) is 5.74. The number of carbonyl (C=O) groups excluding carboxylic acids is 3. The second-order valence-electron chi connectivity index (χ2n) is 7.05. The number of primary amides is 1. The number of nitrogens with one attached hydrogen (secondary N) is 1. The van der Waals surface area contributed by atoms with E-state index in [2.05, 4.69) is 10.3 Å². The minimum atomic E-state index is -1.12. The lowest BCUT2D eigenvalue weighted by Crippen LogP contribution is -2.30. The molecule has 0 aliphatic heterocycles. The summed E-state index contributed by atoms with van der Waals surface area (Å²) in [6.45, 7) is 3.27. The molecule has 0 radical (unpaired) electrons. The summed E-state index contributed by atoms with van der Waals surface area (Å²) < 4.78 is 11.1. The summed E-state index contributed by atoms with van der Waals surface area (Å²) in [6, 6.07) is 13.8. The summed E-state index contributed by atoms with van der Waals surface area (Å²) in [4.78, 5) is 41.6. The molecule has 9 heteroatoms. The minimum Gasteiger partial charge on any atom is -0.460 e. The van der Waals surface area contributed by atoms with Crippen LogP contribution in [0.3, 0.4) is 0 Å². The van der Waals surface area contributed by atoms with E-state index in [-0.39, 0.29) is 11.1 Å². The summed E-state index contributed by atoms with van der Waals surface area (Å²) in [7, 11) is 0. The Morgan fingerprint density at radius 3 is 2.62 bits per heavy atom. The number of amides is 2. The minimum absolute atomic E-state index is 0.195. The molecule has 32 heavy (non-hydrogen) atoms. The maximum absolute atomic E-state index is 13.0. The molecule has 0 spiro atoms. The highest BCUT2D eigenvalue weighted by Gasteiger charge is 2.23. The number of benzene rings is 1. The van der Waals surface area contributed by atoms with Crippen molar-refractivity contribution >= 4 is 45.0 Å². The van der Waals surface area contributed by atoms with Gasteiger partial charge in [0.25, 0.3) is 11.8 Å². The fourth-order valence-corrected chi connectivity index (χ4v) is 3.93. The molecule has 0 fully saturated rings. The zero-order valence-corrected chi connectivity index (χ0v) is 18.1. The average Bonchev–Trinajstić information content (AvgIpc) is 3.41. The predicted octanol–water partition coefficient (Wildman–Crippen LogP) is 4.15. The molecule has 0 bridgehead atoms. The first-order valence-electron chi connectivity index (χ1n) is 9.69. The molecular weight excluding hydrogens is 430 g/mol. The van der Waals surface area contributed by atoms with Crippen LogP contribution in [0.1, 0.15) is 33.4 Å². The number of hydrogen-bond acceptors (Lipinski definition) is 7. The van der Waals surface area contributed by atoms with Gasteiger partial charge < -0.3 is 20.2 Å². The van der Waals surface area contributed by atoms with Crippen LogP contribution in [-0.4, -0.2) is 28.9 Å². The van der Waals surface area contributed by atoms with Gasteiger partial charge in [0, 0.05) is 5.39 Å². The highest BCUT2D eigenvalue weighted by Crippen LogP contribution is 2.27. The van der Waals surface area contributed by atoms with Gasteiger partial charge in [0.1, 0.15) is 16.5 Å². The molecule has 0 unspecified atom stereocenters. The van der Waals surface area contributed by atoms with Crippen molar-refractivity contribution in [2.45, 2.75) is 20.0 Å². The zero-order valence-electron chi connectivity index (χ0n) is 17.2. The smallest absolute Gasteiger partial charge is 0.339 e. The first kappa shape index (κ1) is 21.3. The standard InChI is InChI=1S/C23H19N3O5S/c1-12-7-8-19(30-12)18-11-16(14-5-3-4-6-17(14)25-18)23(29)31-13(2)21(28)26-22-15(20(24)27)9-10-32-22/h3-11,13H,1-2H3,(H2,24,27)(H,26,28)/t13-/m0/s1. The fourth-order valence-electron chi connectivity index (χ4n) is 3.13. The molecule has 0 saturated heterocycles. The number of rotatable bonds is 6. The maximum atomic E-state index is 13.0. The van der Waals surface area contributed by atoms with Crippen molar-refractivity contribution in [3.8, 4) is 11.5 Å². The van der Waals surface area contributed by atoms with Crippen LogP contribution in [0, 0.1) is 6.92 Å². The van der Waals surface area contributed by atoms with Gasteiger partial charge in [-0.05, 0) is 49.6 Å². The maximum Gasteiger partial charge on any atom is 0.339 e. The van der Waals surface area contributed by atoms with Crippen molar-refractivity contribution < 1.29 is 23.5 Å². The molecule has 0 aliphatic carbocycles. The quantitative estimate of drug-likeness (QED) is 0.426. The Bertz CT molecular complexity index is 1340. The van der Waals surface area contributed by atoms with Crippen molar-refractivity contribution in [1.29, 1.82) is 0 Å². The molecular formula is C23H19N3O5S. The lowest BCUT2D eigenvalue weighted by Gasteiger charge is -2.14. The van der Waals surface area contributed by atoms with Gasteiger partial charge in [-0.25, -0.2) is 9.78 Å². The van der Waals surface area contributed by atoms with E-state index in [1.54, 1.807) is 35.7 Å². The Morgan fingerprint density at radius 1 is 1.12 bits per heavy atom. The van der Waals surface area contributed by atoms with E-state index in [4.69, 9.17) is 14.9 Å². The SMILES string of the molecule is Cc1ccc(-c2cc(C(=O)O[C@@H](C)C(=O)Nc3sccc3C(N)=O)c3ccccc3n2)o1. The van der Waals surface area contributed by atoms with E-state index in [1.807, 2.05) is 19.1 Å². The third-order valence-corrected chi connectivity index (χ3v) is 5.58. The number of pyridine rings is 1. The monoisotopic (exact) mass is 449 g/mol. The summed E-state index contributed by atoms with van der Waals surface area (Å²) >= 11 is 1.15. The van der Waals surface area contributed by atoms with Gasteiger partial charge in [-0.2, -0.15) is 0 Å². The first-order chi connectivity index (χ1) is 15.3. The normalized spacial score (nSPS) is 11.8. The van der Waals surface area contributed by atoms with Gasteiger partial charge in [-0.15, -0.1) is 11.3 Å². The summed E-state index contributed by atoms with van der Waals surface area (Å²) in [6.07, 6.45) is -1.12. The number of aryl methyl sites for hydroxylation is 1. The number of para-hydroxylation sites is 1. The topological polar surface area (TPSA) is 125 Å². The zero-order chi connectivity index (χ0) is 22.8. The molecule has 0 saturated carbocycles. The molecule has 3 aromatic heterocycles. The number of aromatic nitrogens is 1. The number of thiophene rings is 1. The highest BCUT2D eigenvalue weighted by atomic mass is 32.1. The highest BCUT2D eigenvalue weighted by molar-refractivity contribution is 7.14. The lowest BCUT2D eigenvalue weighted by atomic mass is 10.1. The van der Waals surface area contributed by atoms with Crippen LogP contribution in [0.25, 0.3) is 22.4 Å². The van der Waals surface area contributed by atoms with Gasteiger partial charge in [0.15, 0.2) is 11.9 Å². The van der Waals surface area contributed by atoms with E-state index in [1.165, 1.54) is 13.0 Å². The van der Waals surface area contributed by atoms with Crippen molar-refractivity contribution in [3.63, 3.8) is 0 Å². The summed E-state index contributed by atoms with van der Waals surface area (Å²) in [5.74, 6) is -0.686. The number of anilines is 1. The number of ether oxygens (including phenoxy) is 1. The van der Waals surface area contributed by atoms with E-state index in [0.29, 0.717) is 33.1 Å². The van der Waals surface area contributed by atoms with Gasteiger partial charge in [0.05, 0.1) is 16.6 Å². The van der Waals surface area contributed by atoms with Crippen LogP contribution in [0.5, 0.6) is 0 Å². The van der Waals surface area contributed by atoms with Crippen LogP contribution in [0.2, 0.25) is 0 Å². The number of fused-ring (bicyclic) bond motifs is 1. The summed E-state index contributed by atoms with van der Waals surface area (Å²) in [5.41, 5.74) is 6.82.